The highest BCUT2D eigenvalue weighted by Crippen LogP contribution is 2.27. The van der Waals surface area contributed by atoms with Crippen LogP contribution in [0.25, 0.3) is 10.2 Å². The lowest BCUT2D eigenvalue weighted by molar-refractivity contribution is -0.123. The van der Waals surface area contributed by atoms with Gasteiger partial charge in [-0.2, -0.15) is 0 Å². The fraction of sp³-hybridized carbons (Fsp3) is 0.500. The second-order valence-corrected chi connectivity index (χ2v) is 7.19. The lowest BCUT2D eigenvalue weighted by atomic mass is 9.96. The number of likely N-dealkylation sites (tertiary alicyclic amines) is 1. The minimum atomic E-state index is -0.463. The van der Waals surface area contributed by atoms with Crippen molar-refractivity contribution < 1.29 is 14.3 Å². The fourth-order valence-corrected chi connectivity index (χ4v) is 4.26. The van der Waals surface area contributed by atoms with E-state index >= 15 is 0 Å². The molecular formula is C16H20N4O4S. The van der Waals surface area contributed by atoms with Gasteiger partial charge in [-0.3, -0.25) is 14.5 Å². The number of aromatic amines is 1. The number of primary amides is 1. The molecule has 0 aliphatic carbocycles. The lowest BCUT2D eigenvalue weighted by Crippen LogP contribution is -2.38. The molecule has 1 saturated heterocycles. The number of nitrogens with zero attached hydrogens (tertiary/aromatic N) is 2. The maximum atomic E-state index is 12.4. The number of nitrogens with one attached hydrogen (secondary N) is 1. The Labute approximate surface area is 148 Å². The second kappa shape index (κ2) is 6.93. The molecule has 1 fully saturated rings. The van der Waals surface area contributed by atoms with Gasteiger partial charge in [0, 0.05) is 5.92 Å². The third kappa shape index (κ3) is 3.42. The van der Waals surface area contributed by atoms with Crippen molar-refractivity contribution in [1.82, 2.24) is 14.9 Å². The number of hydrogen-bond donors (Lipinski definition) is 2. The van der Waals surface area contributed by atoms with Crippen LogP contribution in [0, 0.1) is 12.8 Å². The molecule has 3 rings (SSSR count). The quantitative estimate of drug-likeness (QED) is 0.774. The molecule has 0 radical (unpaired) electrons. The van der Waals surface area contributed by atoms with E-state index in [1.807, 2.05) is 0 Å². The Hall–Kier alpha value is -2.26. The van der Waals surface area contributed by atoms with Crippen molar-refractivity contribution in [2.75, 3.05) is 20.2 Å². The van der Waals surface area contributed by atoms with Gasteiger partial charge in [-0.1, -0.05) is 0 Å². The number of carbonyl (C=O) groups excluding carboxylic acids is 2. The van der Waals surface area contributed by atoms with Crippen LogP contribution in [0.3, 0.4) is 0 Å². The predicted octanol–water partition coefficient (Wildman–Crippen LogP) is 0.777. The van der Waals surface area contributed by atoms with Gasteiger partial charge in [0.1, 0.15) is 15.5 Å². The number of thiophene rings is 1. The molecule has 2 aromatic heterocycles. The van der Waals surface area contributed by atoms with Gasteiger partial charge in [-0.25, -0.2) is 9.78 Å². The number of aryl methyl sites for hydroxylation is 1. The van der Waals surface area contributed by atoms with E-state index in [1.54, 1.807) is 6.92 Å². The van der Waals surface area contributed by atoms with Gasteiger partial charge in [0.2, 0.25) is 5.91 Å². The highest BCUT2D eigenvalue weighted by molar-refractivity contribution is 7.20. The fourth-order valence-electron chi connectivity index (χ4n) is 3.14. The summed E-state index contributed by atoms with van der Waals surface area (Å²) in [7, 11) is 1.31. The van der Waals surface area contributed by atoms with Crippen molar-refractivity contribution in [2.24, 2.45) is 11.7 Å². The van der Waals surface area contributed by atoms with Gasteiger partial charge >= 0.3 is 5.97 Å². The molecule has 1 aliphatic rings. The molecule has 9 heteroatoms. The Balaban J connectivity index is 1.83. The second-order valence-electron chi connectivity index (χ2n) is 6.19. The Kier molecular flexibility index (Phi) is 4.87. The van der Waals surface area contributed by atoms with E-state index in [0.29, 0.717) is 45.9 Å². The molecule has 3 heterocycles. The Morgan fingerprint density at radius 2 is 2.08 bits per heavy atom. The number of aromatic nitrogens is 2. The summed E-state index contributed by atoms with van der Waals surface area (Å²) in [4.78, 5) is 45.8. The molecule has 25 heavy (non-hydrogen) atoms. The van der Waals surface area contributed by atoms with Crippen molar-refractivity contribution in [1.29, 1.82) is 0 Å². The van der Waals surface area contributed by atoms with E-state index in [-0.39, 0.29) is 17.4 Å². The van der Waals surface area contributed by atoms with Crippen LogP contribution in [-0.4, -0.2) is 46.9 Å². The van der Waals surface area contributed by atoms with Crippen molar-refractivity contribution in [3.05, 3.63) is 26.6 Å². The van der Waals surface area contributed by atoms with Crippen LogP contribution in [0.4, 0.5) is 0 Å². The predicted molar refractivity (Wildman–Crippen MR) is 93.5 cm³/mol. The number of rotatable bonds is 4. The topological polar surface area (TPSA) is 118 Å². The van der Waals surface area contributed by atoms with E-state index < -0.39 is 5.97 Å². The summed E-state index contributed by atoms with van der Waals surface area (Å²) >= 11 is 1.17. The Bertz CT molecular complexity index is 880. The molecule has 0 spiro atoms. The molecular weight excluding hydrogens is 344 g/mol. The van der Waals surface area contributed by atoms with E-state index in [2.05, 4.69) is 14.9 Å². The Morgan fingerprint density at radius 3 is 2.68 bits per heavy atom. The average Bonchev–Trinajstić information content (AvgIpc) is 2.91. The Morgan fingerprint density at radius 1 is 1.40 bits per heavy atom. The summed E-state index contributed by atoms with van der Waals surface area (Å²) in [5.74, 6) is -0.243. The van der Waals surface area contributed by atoms with Crippen LogP contribution >= 0.6 is 11.3 Å². The number of nitrogens with two attached hydrogens (primary N) is 1. The molecule has 0 bridgehead atoms. The zero-order valence-corrected chi connectivity index (χ0v) is 14.9. The lowest BCUT2D eigenvalue weighted by Gasteiger charge is -2.29. The van der Waals surface area contributed by atoms with Gasteiger partial charge < -0.3 is 15.5 Å². The van der Waals surface area contributed by atoms with Gasteiger partial charge in [0.15, 0.2) is 0 Å². The van der Waals surface area contributed by atoms with Crippen molar-refractivity contribution in [3.8, 4) is 0 Å². The molecule has 0 atom stereocenters. The number of piperidine rings is 1. The normalized spacial score (nSPS) is 16.2. The van der Waals surface area contributed by atoms with Crippen LogP contribution in [0.15, 0.2) is 4.79 Å². The molecule has 2 aromatic rings. The number of amides is 1. The first-order valence-corrected chi connectivity index (χ1v) is 8.84. The minimum Gasteiger partial charge on any atom is -0.465 e. The number of methoxy groups -OCH3 is 1. The first kappa shape index (κ1) is 17.6. The maximum Gasteiger partial charge on any atom is 0.348 e. The zero-order valence-electron chi connectivity index (χ0n) is 14.1. The van der Waals surface area contributed by atoms with Crippen molar-refractivity contribution in [3.63, 3.8) is 0 Å². The van der Waals surface area contributed by atoms with Crippen LogP contribution in [0.1, 0.15) is 33.9 Å². The zero-order chi connectivity index (χ0) is 18.1. The average molecular weight is 364 g/mol. The van der Waals surface area contributed by atoms with E-state index in [0.717, 1.165) is 13.1 Å². The largest absolute Gasteiger partial charge is 0.465 e. The molecule has 134 valence electrons. The van der Waals surface area contributed by atoms with Gasteiger partial charge in [0.05, 0.1) is 19.0 Å². The maximum absolute atomic E-state index is 12.4. The monoisotopic (exact) mass is 364 g/mol. The van der Waals surface area contributed by atoms with Gasteiger partial charge in [0.25, 0.3) is 5.56 Å². The highest BCUT2D eigenvalue weighted by Gasteiger charge is 2.24. The minimum absolute atomic E-state index is 0.0756. The van der Waals surface area contributed by atoms with E-state index in [9.17, 15) is 14.4 Å². The molecule has 1 aliphatic heterocycles. The third-order valence-electron chi connectivity index (χ3n) is 4.58. The van der Waals surface area contributed by atoms with Crippen LogP contribution in [0.2, 0.25) is 0 Å². The molecule has 0 unspecified atom stereocenters. The molecule has 3 N–H and O–H groups in total. The highest BCUT2D eigenvalue weighted by atomic mass is 32.1. The first-order valence-electron chi connectivity index (χ1n) is 8.03. The SMILES string of the molecule is COC(=O)c1sc2nc(CN3CCC(C(N)=O)CC3)[nH]c(=O)c2c1C. The van der Waals surface area contributed by atoms with Crippen molar-refractivity contribution in [2.45, 2.75) is 26.3 Å². The van der Waals surface area contributed by atoms with Crippen LogP contribution in [-0.2, 0) is 16.1 Å². The summed E-state index contributed by atoms with van der Waals surface area (Å²) in [5, 5.41) is 0.432. The summed E-state index contributed by atoms with van der Waals surface area (Å²) in [6.45, 7) is 3.66. The van der Waals surface area contributed by atoms with Crippen LogP contribution < -0.4 is 11.3 Å². The number of esters is 1. The van der Waals surface area contributed by atoms with Crippen molar-refractivity contribution >= 4 is 33.4 Å². The summed E-state index contributed by atoms with van der Waals surface area (Å²) < 4.78 is 4.75. The number of ether oxygens (including phenoxy) is 1. The summed E-state index contributed by atoms with van der Waals surface area (Å²) in [5.41, 5.74) is 5.68. The number of hydrogen-bond acceptors (Lipinski definition) is 7. The van der Waals surface area contributed by atoms with Crippen LogP contribution in [0.5, 0.6) is 0 Å². The van der Waals surface area contributed by atoms with E-state index in [1.165, 1.54) is 18.4 Å². The smallest absolute Gasteiger partial charge is 0.348 e. The molecule has 0 aromatic carbocycles. The molecule has 1 amide bonds. The first-order chi connectivity index (χ1) is 11.9. The third-order valence-corrected chi connectivity index (χ3v) is 5.75. The number of fused-ring (bicyclic) bond motifs is 1. The summed E-state index contributed by atoms with van der Waals surface area (Å²) in [6.07, 6.45) is 1.43. The molecule has 8 nitrogen and oxygen atoms in total. The van der Waals surface area contributed by atoms with Gasteiger partial charge in [-0.15, -0.1) is 11.3 Å². The molecule has 0 saturated carbocycles. The number of H-pyrrole nitrogens is 1. The standard InChI is InChI=1S/C16H20N4O4S/c1-8-11-14(22)18-10(19-15(11)25-12(8)16(23)24-2)7-20-5-3-9(4-6-20)13(17)21/h9H,3-7H2,1-2H3,(H2,17,21)(H,18,19,22). The van der Waals surface area contributed by atoms with Gasteiger partial charge in [-0.05, 0) is 38.4 Å². The number of carbonyl (C=O) groups is 2. The summed E-state index contributed by atoms with van der Waals surface area (Å²) in [6, 6.07) is 0. The van der Waals surface area contributed by atoms with E-state index in [4.69, 9.17) is 10.5 Å².